The van der Waals surface area contributed by atoms with E-state index < -0.39 is 12.8 Å². The molecule has 0 spiro atoms. The monoisotopic (exact) mass is 205 g/mol. The average Bonchev–Trinajstić information content (AvgIpc) is 2.04. The molecule has 5 heteroatoms. The Hall–Kier alpha value is -0.360. The molecule has 0 saturated carbocycles. The summed E-state index contributed by atoms with van der Waals surface area (Å²) in [4.78, 5) is 18.1. The highest BCUT2D eigenvalue weighted by atomic mass is 31.2. The highest BCUT2D eigenvalue weighted by molar-refractivity contribution is 7.54. The normalized spacial score (nSPS) is 16.7. The molecule has 0 aliphatic rings. The molecule has 0 aromatic rings. The Morgan fingerprint density at radius 3 is 1.92 bits per heavy atom. The quantitative estimate of drug-likeness (QED) is 0.686. The number of nitrogens with zero attached hydrogens (tertiary/aromatic N) is 1. The zero-order valence-corrected chi connectivity index (χ0v) is 9.08. The minimum Gasteiger partial charge on any atom is -0.323 e. The topological polar surface area (TPSA) is 81.3 Å². The zero-order chi connectivity index (χ0) is 10.7. The van der Waals surface area contributed by atoms with Gasteiger partial charge < -0.3 is 9.79 Å². The summed E-state index contributed by atoms with van der Waals surface area (Å²) in [5.41, 5.74) is 0. The maximum absolute atomic E-state index is 11.1. The van der Waals surface area contributed by atoms with Gasteiger partial charge in [-0.1, -0.05) is 26.7 Å². The molecule has 0 saturated heterocycles. The number of hydrogen-bond donors (Lipinski definition) is 2. The first kappa shape index (κ1) is 12.6. The van der Waals surface area contributed by atoms with Gasteiger partial charge in [-0.25, -0.2) is 0 Å². The minimum atomic E-state index is -4.34. The molecule has 1 atom stereocenters. The van der Waals surface area contributed by atoms with Crippen LogP contribution in [0.2, 0.25) is 0 Å². The first-order valence-electron chi connectivity index (χ1n) is 4.30. The zero-order valence-electron chi connectivity index (χ0n) is 8.19. The molecule has 0 aromatic heterocycles. The molecule has 2 N–H and O–H groups in total. The molecule has 13 heavy (non-hydrogen) atoms. The smallest absolute Gasteiger partial charge is 0.323 e. The molecule has 0 aromatic carbocycles. The van der Waals surface area contributed by atoms with Crippen LogP contribution in [0.1, 0.15) is 33.6 Å². The van der Waals surface area contributed by atoms with Crippen LogP contribution in [-0.4, -0.2) is 14.9 Å². The van der Waals surface area contributed by atoms with Crippen molar-refractivity contribution in [2.24, 2.45) is 5.92 Å². The van der Waals surface area contributed by atoms with Crippen LogP contribution in [0, 0.1) is 17.2 Å². The van der Waals surface area contributed by atoms with Crippen molar-refractivity contribution in [1.29, 1.82) is 5.26 Å². The van der Waals surface area contributed by atoms with Gasteiger partial charge in [-0.2, -0.15) is 5.26 Å². The molecule has 0 bridgehead atoms. The largest absolute Gasteiger partial charge is 0.345 e. The van der Waals surface area contributed by atoms with Gasteiger partial charge in [0.2, 0.25) is 0 Å². The predicted molar refractivity (Wildman–Crippen MR) is 50.1 cm³/mol. The van der Waals surface area contributed by atoms with E-state index in [0.717, 1.165) is 0 Å². The van der Waals surface area contributed by atoms with Crippen LogP contribution < -0.4 is 0 Å². The molecular formula is C8H16NO3P. The van der Waals surface area contributed by atoms with E-state index in [1.807, 2.05) is 13.8 Å². The molecular weight excluding hydrogens is 189 g/mol. The second kappa shape index (κ2) is 4.23. The Morgan fingerprint density at radius 2 is 1.85 bits per heavy atom. The Morgan fingerprint density at radius 1 is 1.46 bits per heavy atom. The van der Waals surface area contributed by atoms with Gasteiger partial charge in [0.1, 0.15) is 0 Å². The van der Waals surface area contributed by atoms with Crippen LogP contribution in [0.4, 0.5) is 0 Å². The standard InChI is InChI=1S/C8H16NO3P/c1-4-7(5-2)8(3,6-9)13(10,11)12/h7H,4-5H2,1-3H3,(H2,10,11,12). The van der Waals surface area contributed by atoms with E-state index in [2.05, 4.69) is 0 Å². The summed E-state index contributed by atoms with van der Waals surface area (Å²) < 4.78 is 11.1. The molecule has 0 rings (SSSR count). The van der Waals surface area contributed by atoms with Crippen molar-refractivity contribution in [3.8, 4) is 6.07 Å². The molecule has 0 amide bonds. The number of nitriles is 1. The summed E-state index contributed by atoms with van der Waals surface area (Å²) in [7, 11) is -4.34. The van der Waals surface area contributed by atoms with Crippen molar-refractivity contribution in [2.75, 3.05) is 0 Å². The molecule has 0 aliphatic heterocycles. The van der Waals surface area contributed by atoms with Crippen LogP contribution in [0.3, 0.4) is 0 Å². The van der Waals surface area contributed by atoms with Crippen molar-refractivity contribution in [3.63, 3.8) is 0 Å². The maximum atomic E-state index is 11.1. The van der Waals surface area contributed by atoms with Crippen LogP contribution in [0.5, 0.6) is 0 Å². The Balaban J connectivity index is 5.07. The second-order valence-corrected chi connectivity index (χ2v) is 5.33. The van der Waals surface area contributed by atoms with Crippen molar-refractivity contribution in [3.05, 3.63) is 0 Å². The third-order valence-corrected chi connectivity index (χ3v) is 4.29. The highest BCUT2D eigenvalue weighted by Gasteiger charge is 2.47. The predicted octanol–water partition coefficient (Wildman–Crippen LogP) is 1.88. The average molecular weight is 205 g/mol. The Bertz CT molecular complexity index is 251. The van der Waals surface area contributed by atoms with E-state index in [0.29, 0.717) is 12.8 Å². The molecule has 0 fully saturated rings. The summed E-state index contributed by atoms with van der Waals surface area (Å²) in [5.74, 6) is -0.252. The first-order chi connectivity index (χ1) is 5.83. The van der Waals surface area contributed by atoms with E-state index in [1.54, 1.807) is 6.07 Å². The highest BCUT2D eigenvalue weighted by Crippen LogP contribution is 2.55. The molecule has 0 heterocycles. The van der Waals surface area contributed by atoms with Crippen LogP contribution >= 0.6 is 7.60 Å². The van der Waals surface area contributed by atoms with E-state index >= 15 is 0 Å². The fourth-order valence-corrected chi connectivity index (χ4v) is 2.45. The maximum Gasteiger partial charge on any atom is 0.345 e. The van der Waals surface area contributed by atoms with E-state index in [1.165, 1.54) is 6.92 Å². The van der Waals surface area contributed by atoms with Gasteiger partial charge in [0.15, 0.2) is 5.16 Å². The van der Waals surface area contributed by atoms with E-state index in [-0.39, 0.29) is 5.92 Å². The SMILES string of the molecule is CCC(CC)C(C)(C#N)P(=O)(O)O. The molecule has 1 unspecified atom stereocenters. The summed E-state index contributed by atoms with van der Waals surface area (Å²) in [6, 6.07) is 1.76. The van der Waals surface area contributed by atoms with Crippen molar-refractivity contribution in [2.45, 2.75) is 38.8 Å². The van der Waals surface area contributed by atoms with Gasteiger partial charge in [0.25, 0.3) is 0 Å². The fourth-order valence-electron chi connectivity index (χ4n) is 1.48. The Labute approximate surface area is 78.7 Å². The van der Waals surface area contributed by atoms with Crippen LogP contribution in [-0.2, 0) is 4.57 Å². The summed E-state index contributed by atoms with van der Waals surface area (Å²) >= 11 is 0. The summed E-state index contributed by atoms with van der Waals surface area (Å²) in [6.45, 7) is 5.00. The van der Waals surface area contributed by atoms with Gasteiger partial charge in [-0.05, 0) is 12.8 Å². The van der Waals surface area contributed by atoms with E-state index in [9.17, 15) is 4.57 Å². The van der Waals surface area contributed by atoms with Crippen molar-refractivity contribution >= 4 is 7.60 Å². The van der Waals surface area contributed by atoms with Gasteiger partial charge in [0, 0.05) is 0 Å². The van der Waals surface area contributed by atoms with E-state index in [4.69, 9.17) is 15.0 Å². The molecule has 0 radical (unpaired) electrons. The first-order valence-corrected chi connectivity index (χ1v) is 5.91. The third-order valence-electron chi connectivity index (χ3n) is 2.61. The number of hydrogen-bond acceptors (Lipinski definition) is 2. The van der Waals surface area contributed by atoms with Crippen LogP contribution in [0.15, 0.2) is 0 Å². The molecule has 76 valence electrons. The summed E-state index contributed by atoms with van der Waals surface area (Å²) in [5, 5.41) is 7.28. The van der Waals surface area contributed by atoms with Gasteiger partial charge in [-0.15, -0.1) is 0 Å². The lowest BCUT2D eigenvalue weighted by molar-refractivity contribution is 0.302. The second-order valence-electron chi connectivity index (χ2n) is 3.32. The molecule has 4 nitrogen and oxygen atoms in total. The van der Waals surface area contributed by atoms with Gasteiger partial charge >= 0.3 is 7.60 Å². The molecule has 0 aliphatic carbocycles. The lowest BCUT2D eigenvalue weighted by Gasteiger charge is -2.30. The van der Waals surface area contributed by atoms with Crippen molar-refractivity contribution in [1.82, 2.24) is 0 Å². The van der Waals surface area contributed by atoms with Crippen LogP contribution in [0.25, 0.3) is 0 Å². The van der Waals surface area contributed by atoms with Gasteiger partial charge in [0.05, 0.1) is 6.07 Å². The Kier molecular flexibility index (Phi) is 4.12. The minimum absolute atomic E-state index is 0.252. The third kappa shape index (κ3) is 2.31. The van der Waals surface area contributed by atoms with Crippen molar-refractivity contribution < 1.29 is 14.4 Å². The summed E-state index contributed by atoms with van der Waals surface area (Å²) in [6.07, 6.45) is 1.21. The fraction of sp³-hybridized carbons (Fsp3) is 0.875. The lowest BCUT2D eigenvalue weighted by atomic mass is 9.89. The van der Waals surface area contributed by atoms with Gasteiger partial charge in [-0.3, -0.25) is 4.57 Å². The lowest BCUT2D eigenvalue weighted by Crippen LogP contribution is -2.32. The number of rotatable bonds is 4.